The number of halogens is 1. The van der Waals surface area contributed by atoms with Gasteiger partial charge in [-0.15, -0.1) is 0 Å². The Morgan fingerprint density at radius 1 is 1.43 bits per heavy atom. The number of pyridine rings is 1. The van der Waals surface area contributed by atoms with Gasteiger partial charge in [-0.1, -0.05) is 0 Å². The molecule has 0 aliphatic heterocycles. The topological polar surface area (TPSA) is 111 Å². The summed E-state index contributed by atoms with van der Waals surface area (Å²) in [6, 6.07) is 5.65. The van der Waals surface area contributed by atoms with Crippen LogP contribution in [0.3, 0.4) is 0 Å². The second-order valence-electron chi connectivity index (χ2n) is 4.29. The molecule has 1 amide bonds. The Morgan fingerprint density at radius 2 is 2.14 bits per heavy atom. The Labute approximate surface area is 128 Å². The summed E-state index contributed by atoms with van der Waals surface area (Å²) in [5.41, 5.74) is 7.38. The number of nitrogens with one attached hydrogen (secondary N) is 1. The van der Waals surface area contributed by atoms with Crippen LogP contribution in [0, 0.1) is 17.0 Å². The number of amides is 1. The van der Waals surface area contributed by atoms with Crippen LogP contribution in [-0.4, -0.2) is 15.8 Å². The van der Waals surface area contributed by atoms with Gasteiger partial charge in [0, 0.05) is 34.2 Å². The second kappa shape index (κ2) is 5.88. The number of nitrogen functional groups attached to an aromatic ring is 1. The molecular weight excluding hydrogens is 340 g/mol. The third-order valence-electron chi connectivity index (χ3n) is 2.73. The number of nitro benzene ring substituents is 1. The van der Waals surface area contributed by atoms with Gasteiger partial charge in [0.15, 0.2) is 0 Å². The van der Waals surface area contributed by atoms with E-state index in [1.807, 2.05) is 0 Å². The lowest BCUT2D eigenvalue weighted by Crippen LogP contribution is -2.15. The molecule has 0 radical (unpaired) electrons. The third-order valence-corrected chi connectivity index (χ3v) is 3.39. The molecule has 0 aliphatic carbocycles. The van der Waals surface area contributed by atoms with Crippen LogP contribution >= 0.6 is 15.9 Å². The molecule has 0 aliphatic rings. The predicted molar refractivity (Wildman–Crippen MR) is 82.1 cm³/mol. The van der Waals surface area contributed by atoms with E-state index in [0.29, 0.717) is 21.5 Å². The smallest absolute Gasteiger partial charge is 0.270 e. The minimum atomic E-state index is -0.516. The van der Waals surface area contributed by atoms with Gasteiger partial charge in [-0.3, -0.25) is 19.9 Å². The average molecular weight is 351 g/mol. The van der Waals surface area contributed by atoms with Crippen molar-refractivity contribution in [1.29, 1.82) is 0 Å². The zero-order valence-electron chi connectivity index (χ0n) is 11.0. The van der Waals surface area contributed by atoms with Gasteiger partial charge >= 0.3 is 0 Å². The number of rotatable bonds is 3. The molecule has 0 bridgehead atoms. The van der Waals surface area contributed by atoms with Crippen LogP contribution < -0.4 is 11.1 Å². The van der Waals surface area contributed by atoms with Crippen LogP contribution in [0.1, 0.15) is 16.1 Å². The van der Waals surface area contributed by atoms with E-state index in [1.165, 1.54) is 24.4 Å². The molecule has 1 heterocycles. The van der Waals surface area contributed by atoms with Gasteiger partial charge in [0.05, 0.1) is 16.2 Å². The van der Waals surface area contributed by atoms with E-state index in [0.717, 1.165) is 0 Å². The summed E-state index contributed by atoms with van der Waals surface area (Å²) in [4.78, 5) is 26.3. The standard InChI is InChI=1S/C13H11BrN4O3/c1-7-4-11(15)9(6-16-7)13(19)17-12-3-2-8(18(20)21)5-10(12)14/h2-6H,1H3,(H2,15,16)(H,17,19). The van der Waals surface area contributed by atoms with Gasteiger partial charge in [0.2, 0.25) is 0 Å². The van der Waals surface area contributed by atoms with E-state index in [2.05, 4.69) is 26.2 Å². The summed E-state index contributed by atoms with van der Waals surface area (Å²) in [6.45, 7) is 1.77. The zero-order valence-corrected chi connectivity index (χ0v) is 12.5. The fourth-order valence-corrected chi connectivity index (χ4v) is 2.15. The van der Waals surface area contributed by atoms with E-state index in [-0.39, 0.29) is 11.3 Å². The minimum Gasteiger partial charge on any atom is -0.398 e. The molecule has 0 saturated carbocycles. The predicted octanol–water partition coefficient (Wildman–Crippen LogP) is 2.90. The summed E-state index contributed by atoms with van der Waals surface area (Å²) in [6.07, 6.45) is 1.39. The Kier molecular flexibility index (Phi) is 4.18. The number of non-ortho nitro benzene ring substituents is 1. The monoisotopic (exact) mass is 350 g/mol. The maximum Gasteiger partial charge on any atom is 0.270 e. The van der Waals surface area contributed by atoms with Crippen molar-refractivity contribution in [3.8, 4) is 0 Å². The highest BCUT2D eigenvalue weighted by molar-refractivity contribution is 9.10. The molecule has 0 spiro atoms. The normalized spacial score (nSPS) is 10.2. The fraction of sp³-hybridized carbons (Fsp3) is 0.0769. The Balaban J connectivity index is 2.25. The number of nitrogens with two attached hydrogens (primary N) is 1. The number of anilines is 2. The quantitative estimate of drug-likeness (QED) is 0.652. The van der Waals surface area contributed by atoms with E-state index >= 15 is 0 Å². The Morgan fingerprint density at radius 3 is 2.71 bits per heavy atom. The molecule has 0 fully saturated rings. The summed E-state index contributed by atoms with van der Waals surface area (Å²) >= 11 is 3.18. The molecule has 0 unspecified atom stereocenters. The highest BCUT2D eigenvalue weighted by Gasteiger charge is 2.14. The van der Waals surface area contributed by atoms with Crippen LogP contribution in [0.25, 0.3) is 0 Å². The molecular formula is C13H11BrN4O3. The first-order chi connectivity index (χ1) is 9.88. The maximum absolute atomic E-state index is 12.1. The molecule has 3 N–H and O–H groups in total. The van der Waals surface area contributed by atoms with Crippen molar-refractivity contribution in [2.24, 2.45) is 0 Å². The molecule has 2 rings (SSSR count). The van der Waals surface area contributed by atoms with Crippen molar-refractivity contribution >= 4 is 38.9 Å². The van der Waals surface area contributed by atoms with Gasteiger partial charge < -0.3 is 11.1 Å². The van der Waals surface area contributed by atoms with Crippen molar-refractivity contribution in [1.82, 2.24) is 4.98 Å². The number of aromatic nitrogens is 1. The summed E-state index contributed by atoms with van der Waals surface area (Å²) < 4.78 is 0.406. The lowest BCUT2D eigenvalue weighted by molar-refractivity contribution is -0.384. The van der Waals surface area contributed by atoms with Crippen molar-refractivity contribution in [2.75, 3.05) is 11.1 Å². The van der Waals surface area contributed by atoms with Crippen LogP contribution in [0.4, 0.5) is 17.1 Å². The number of nitrogens with zero attached hydrogens (tertiary/aromatic N) is 2. The Hall–Kier alpha value is -2.48. The van der Waals surface area contributed by atoms with Gasteiger partial charge in [-0.05, 0) is 35.0 Å². The molecule has 1 aromatic heterocycles. The number of hydrogen-bond donors (Lipinski definition) is 2. The fourth-order valence-electron chi connectivity index (χ4n) is 1.68. The highest BCUT2D eigenvalue weighted by atomic mass is 79.9. The van der Waals surface area contributed by atoms with Crippen LogP contribution in [0.15, 0.2) is 34.9 Å². The maximum atomic E-state index is 12.1. The lowest BCUT2D eigenvalue weighted by atomic mass is 10.2. The van der Waals surface area contributed by atoms with Crippen LogP contribution in [-0.2, 0) is 0 Å². The molecule has 2 aromatic rings. The van der Waals surface area contributed by atoms with Crippen molar-refractivity contribution in [3.05, 3.63) is 56.3 Å². The first kappa shape index (κ1) is 14.9. The van der Waals surface area contributed by atoms with E-state index < -0.39 is 10.8 Å². The van der Waals surface area contributed by atoms with Crippen molar-refractivity contribution in [2.45, 2.75) is 6.92 Å². The third kappa shape index (κ3) is 3.34. The number of benzene rings is 1. The molecule has 0 saturated heterocycles. The van der Waals surface area contributed by atoms with Crippen molar-refractivity contribution < 1.29 is 9.72 Å². The molecule has 0 atom stereocenters. The van der Waals surface area contributed by atoms with Gasteiger partial charge in [0.25, 0.3) is 11.6 Å². The first-order valence-electron chi connectivity index (χ1n) is 5.86. The number of carbonyl (C=O) groups excluding carboxylic acids is 1. The summed E-state index contributed by atoms with van der Waals surface area (Å²) in [5, 5.41) is 13.3. The number of aryl methyl sites for hydroxylation is 1. The van der Waals surface area contributed by atoms with E-state index in [9.17, 15) is 14.9 Å². The van der Waals surface area contributed by atoms with Gasteiger partial charge in [-0.2, -0.15) is 0 Å². The number of nitro groups is 1. The largest absolute Gasteiger partial charge is 0.398 e. The molecule has 1 aromatic carbocycles. The van der Waals surface area contributed by atoms with E-state index in [1.54, 1.807) is 13.0 Å². The zero-order chi connectivity index (χ0) is 15.6. The van der Waals surface area contributed by atoms with Crippen LogP contribution in [0.5, 0.6) is 0 Å². The SMILES string of the molecule is Cc1cc(N)c(C(=O)Nc2ccc([N+](=O)[O-])cc2Br)cn1. The molecule has 21 heavy (non-hydrogen) atoms. The summed E-state index contributed by atoms with van der Waals surface area (Å²) in [7, 11) is 0. The Bertz CT molecular complexity index is 733. The second-order valence-corrected chi connectivity index (χ2v) is 5.14. The van der Waals surface area contributed by atoms with E-state index in [4.69, 9.17) is 5.73 Å². The molecule has 8 heteroatoms. The van der Waals surface area contributed by atoms with Gasteiger partial charge in [0.1, 0.15) is 0 Å². The van der Waals surface area contributed by atoms with Gasteiger partial charge in [-0.25, -0.2) is 0 Å². The lowest BCUT2D eigenvalue weighted by Gasteiger charge is -2.09. The molecule has 108 valence electrons. The first-order valence-corrected chi connectivity index (χ1v) is 6.65. The van der Waals surface area contributed by atoms with Crippen LogP contribution in [0.2, 0.25) is 0 Å². The molecule has 7 nitrogen and oxygen atoms in total. The average Bonchev–Trinajstić information content (AvgIpc) is 2.40. The number of carbonyl (C=O) groups is 1. The minimum absolute atomic E-state index is 0.0728. The number of hydrogen-bond acceptors (Lipinski definition) is 5. The highest BCUT2D eigenvalue weighted by Crippen LogP contribution is 2.27. The van der Waals surface area contributed by atoms with Crippen molar-refractivity contribution in [3.63, 3.8) is 0 Å². The summed E-state index contributed by atoms with van der Waals surface area (Å²) in [5.74, 6) is -0.436.